The summed E-state index contributed by atoms with van der Waals surface area (Å²) >= 11 is 0. The molecule has 30 heavy (non-hydrogen) atoms. The number of hydrogen-bond donors (Lipinski definition) is 1. The maximum absolute atomic E-state index is 13.0. The van der Waals surface area contributed by atoms with Gasteiger partial charge in [-0.05, 0) is 49.4 Å². The molecule has 0 bridgehead atoms. The average Bonchev–Trinajstić information content (AvgIpc) is 3.19. The van der Waals surface area contributed by atoms with Crippen LogP contribution in [0.25, 0.3) is 27.8 Å². The first kappa shape index (κ1) is 20.2. The van der Waals surface area contributed by atoms with E-state index in [4.69, 9.17) is 5.14 Å². The number of imidazole rings is 1. The monoisotopic (exact) mass is 434 g/mol. The zero-order valence-electron chi connectivity index (χ0n) is 16.0. The van der Waals surface area contributed by atoms with E-state index >= 15 is 0 Å². The normalized spacial score (nSPS) is 12.6. The van der Waals surface area contributed by atoms with Crippen LogP contribution >= 0.6 is 0 Å². The Morgan fingerprint density at radius 2 is 1.73 bits per heavy atom. The molecule has 2 N–H and O–H groups in total. The van der Waals surface area contributed by atoms with E-state index < -0.39 is 21.8 Å². The van der Waals surface area contributed by atoms with Crippen LogP contribution in [-0.2, 0) is 23.2 Å². The topological polar surface area (TPSA) is 82.9 Å². The quantitative estimate of drug-likeness (QED) is 0.529. The fraction of sp³-hybridized carbons (Fsp3) is 0.150. The second-order valence-corrected chi connectivity index (χ2v) is 8.55. The minimum atomic E-state index is -4.43. The van der Waals surface area contributed by atoms with Gasteiger partial charge in [-0.1, -0.05) is 0 Å². The van der Waals surface area contributed by atoms with Gasteiger partial charge in [-0.3, -0.25) is 0 Å². The number of nitrogens with zero attached hydrogens (tertiary/aromatic N) is 3. The summed E-state index contributed by atoms with van der Waals surface area (Å²) in [5.74, 6) is 0. The number of alkyl halides is 3. The predicted octanol–water partition coefficient (Wildman–Crippen LogP) is 4.01. The molecule has 2 heterocycles. The molecule has 0 amide bonds. The Labute approximate surface area is 170 Å². The summed E-state index contributed by atoms with van der Waals surface area (Å²) in [5.41, 5.74) is 2.38. The van der Waals surface area contributed by atoms with E-state index in [2.05, 4.69) is 4.98 Å². The Kier molecular flexibility index (Phi) is 4.51. The van der Waals surface area contributed by atoms with E-state index in [-0.39, 0.29) is 4.90 Å². The van der Waals surface area contributed by atoms with E-state index in [0.717, 1.165) is 12.1 Å². The van der Waals surface area contributed by atoms with Crippen molar-refractivity contribution in [3.05, 3.63) is 66.2 Å². The van der Waals surface area contributed by atoms with Crippen molar-refractivity contribution in [2.24, 2.45) is 12.2 Å². The molecule has 4 aromatic rings. The number of primary sulfonamides is 1. The summed E-state index contributed by atoms with van der Waals surface area (Å²) < 4.78 is 66.1. The highest BCUT2D eigenvalue weighted by Crippen LogP contribution is 2.37. The Balaban J connectivity index is 2.02. The summed E-state index contributed by atoms with van der Waals surface area (Å²) in [4.78, 5) is 4.30. The summed E-state index contributed by atoms with van der Waals surface area (Å²) in [6, 6.07) is 9.21. The molecule has 6 nitrogen and oxygen atoms in total. The first-order chi connectivity index (χ1) is 14.0. The molecule has 0 aliphatic carbocycles. The van der Waals surface area contributed by atoms with Crippen molar-refractivity contribution in [2.45, 2.75) is 18.0 Å². The van der Waals surface area contributed by atoms with Crippen LogP contribution in [0.3, 0.4) is 0 Å². The van der Waals surface area contributed by atoms with Gasteiger partial charge in [0.15, 0.2) is 0 Å². The summed E-state index contributed by atoms with van der Waals surface area (Å²) in [7, 11) is -2.14. The molecule has 0 fully saturated rings. The number of hydrogen-bond acceptors (Lipinski definition) is 3. The number of fused-ring (bicyclic) bond motifs is 1. The molecule has 0 unspecified atom stereocenters. The van der Waals surface area contributed by atoms with Gasteiger partial charge in [0, 0.05) is 35.6 Å². The van der Waals surface area contributed by atoms with Crippen molar-refractivity contribution < 1.29 is 21.6 Å². The van der Waals surface area contributed by atoms with Crippen LogP contribution < -0.4 is 5.14 Å². The molecule has 0 aliphatic rings. The van der Waals surface area contributed by atoms with Crippen molar-refractivity contribution in [3.8, 4) is 16.9 Å². The minimum Gasteiger partial charge on any atom is -0.340 e. The van der Waals surface area contributed by atoms with Crippen molar-refractivity contribution in [2.75, 3.05) is 0 Å². The van der Waals surface area contributed by atoms with Crippen LogP contribution in [-0.4, -0.2) is 22.5 Å². The third-order valence-corrected chi connectivity index (χ3v) is 5.83. The number of aromatic nitrogens is 3. The van der Waals surface area contributed by atoms with Crippen molar-refractivity contribution in [1.29, 1.82) is 0 Å². The zero-order valence-corrected chi connectivity index (χ0v) is 16.8. The van der Waals surface area contributed by atoms with Crippen molar-refractivity contribution in [1.82, 2.24) is 14.1 Å². The van der Waals surface area contributed by atoms with Gasteiger partial charge in [-0.2, -0.15) is 13.2 Å². The van der Waals surface area contributed by atoms with Gasteiger partial charge < -0.3 is 9.13 Å². The maximum Gasteiger partial charge on any atom is 0.416 e. The highest BCUT2D eigenvalue weighted by atomic mass is 32.2. The largest absolute Gasteiger partial charge is 0.416 e. The molecule has 0 spiro atoms. The molecule has 0 aliphatic heterocycles. The molecule has 0 saturated heterocycles. The first-order valence-corrected chi connectivity index (χ1v) is 10.4. The molecule has 4 rings (SSSR count). The van der Waals surface area contributed by atoms with Crippen molar-refractivity contribution >= 4 is 20.9 Å². The van der Waals surface area contributed by atoms with E-state index in [1.54, 1.807) is 41.7 Å². The van der Waals surface area contributed by atoms with Crippen LogP contribution in [0.1, 0.15) is 11.3 Å². The molecular formula is C20H17F3N4O2S. The number of nitrogens with two attached hydrogens (primary N) is 1. The van der Waals surface area contributed by atoms with E-state index in [9.17, 15) is 21.6 Å². The SMILES string of the molecule is Cc1c(-c2cn(C)cn2)c2cc(S(N)(=O)=O)ccc2n1-c1ccc(C(F)(F)F)cc1. The van der Waals surface area contributed by atoms with Gasteiger partial charge in [-0.25, -0.2) is 18.5 Å². The van der Waals surface area contributed by atoms with Crippen LogP contribution in [0.15, 0.2) is 59.9 Å². The Hall–Kier alpha value is -3.11. The van der Waals surface area contributed by atoms with E-state index in [0.29, 0.717) is 33.5 Å². The Bertz CT molecular complexity index is 1370. The second kappa shape index (κ2) is 6.71. The number of aryl methyl sites for hydroxylation is 1. The molecular weight excluding hydrogens is 417 g/mol. The van der Waals surface area contributed by atoms with Gasteiger partial charge in [0.2, 0.25) is 10.0 Å². The third kappa shape index (κ3) is 3.37. The molecule has 2 aromatic heterocycles. The highest BCUT2D eigenvalue weighted by Gasteiger charge is 2.30. The fourth-order valence-corrected chi connectivity index (χ4v) is 4.11. The number of halogens is 3. The standard InChI is InChI=1S/C20H17F3N4O2S/c1-12-19(17-10-26(2)11-25-17)16-9-15(30(24,28)29)7-8-18(16)27(12)14-5-3-13(4-6-14)20(21,22)23/h3-11H,1-2H3,(H2,24,28,29). The van der Waals surface area contributed by atoms with Crippen LogP contribution in [0, 0.1) is 6.92 Å². The molecule has 0 saturated carbocycles. The third-order valence-electron chi connectivity index (χ3n) is 4.92. The first-order valence-electron chi connectivity index (χ1n) is 8.80. The lowest BCUT2D eigenvalue weighted by Gasteiger charge is -2.11. The van der Waals surface area contributed by atoms with E-state index in [1.165, 1.54) is 24.3 Å². The number of sulfonamides is 1. The van der Waals surface area contributed by atoms with E-state index in [1.807, 2.05) is 0 Å². The van der Waals surface area contributed by atoms with Gasteiger partial charge in [0.05, 0.1) is 28.0 Å². The molecule has 0 atom stereocenters. The zero-order chi connectivity index (χ0) is 21.8. The summed E-state index contributed by atoms with van der Waals surface area (Å²) in [6.07, 6.45) is -1.04. The van der Waals surface area contributed by atoms with Crippen LogP contribution in [0.4, 0.5) is 13.2 Å². The Morgan fingerprint density at radius 1 is 1.07 bits per heavy atom. The maximum atomic E-state index is 13.0. The van der Waals surface area contributed by atoms with Crippen LogP contribution in [0.5, 0.6) is 0 Å². The minimum absolute atomic E-state index is 0.0586. The molecule has 0 radical (unpaired) electrons. The number of rotatable bonds is 3. The summed E-state index contributed by atoms with van der Waals surface area (Å²) in [5, 5.41) is 5.87. The van der Waals surface area contributed by atoms with Crippen molar-refractivity contribution in [3.63, 3.8) is 0 Å². The van der Waals surface area contributed by atoms with Crippen LogP contribution in [0.2, 0.25) is 0 Å². The molecule has 156 valence electrons. The lowest BCUT2D eigenvalue weighted by molar-refractivity contribution is -0.137. The average molecular weight is 434 g/mol. The van der Waals surface area contributed by atoms with Gasteiger partial charge in [-0.15, -0.1) is 0 Å². The predicted molar refractivity (Wildman–Crippen MR) is 107 cm³/mol. The molecule has 10 heteroatoms. The lowest BCUT2D eigenvalue weighted by Crippen LogP contribution is -2.11. The highest BCUT2D eigenvalue weighted by molar-refractivity contribution is 7.89. The molecule has 2 aromatic carbocycles. The Morgan fingerprint density at radius 3 is 2.27 bits per heavy atom. The summed E-state index contributed by atoms with van der Waals surface area (Å²) in [6.45, 7) is 1.80. The van der Waals surface area contributed by atoms with Gasteiger partial charge in [0.25, 0.3) is 0 Å². The fourth-order valence-electron chi connectivity index (χ4n) is 3.57. The smallest absolute Gasteiger partial charge is 0.340 e. The lowest BCUT2D eigenvalue weighted by atomic mass is 10.1. The van der Waals surface area contributed by atoms with Gasteiger partial charge in [0.1, 0.15) is 0 Å². The number of benzene rings is 2. The van der Waals surface area contributed by atoms with Gasteiger partial charge >= 0.3 is 6.18 Å². The second-order valence-electron chi connectivity index (χ2n) is 6.99.